The summed E-state index contributed by atoms with van der Waals surface area (Å²) in [6.07, 6.45) is 6.47. The third-order valence-corrected chi connectivity index (χ3v) is 4.05. The zero-order chi connectivity index (χ0) is 18.6. The summed E-state index contributed by atoms with van der Waals surface area (Å²) in [4.78, 5) is 21.2. The highest BCUT2D eigenvalue weighted by Crippen LogP contribution is 2.25. The molecule has 27 heavy (non-hydrogen) atoms. The number of nitrogens with zero attached hydrogens (tertiary/aromatic N) is 5. The Morgan fingerprint density at radius 1 is 1.04 bits per heavy atom. The first-order valence-corrected chi connectivity index (χ1v) is 8.39. The van der Waals surface area contributed by atoms with Crippen molar-refractivity contribution in [2.75, 3.05) is 10.6 Å². The highest BCUT2D eigenvalue weighted by molar-refractivity contribution is 6.31. The van der Waals surface area contributed by atoms with Crippen LogP contribution in [0.25, 0.3) is 11.0 Å². The molecule has 0 unspecified atom stereocenters. The van der Waals surface area contributed by atoms with E-state index >= 15 is 0 Å². The van der Waals surface area contributed by atoms with Gasteiger partial charge >= 0.3 is 0 Å². The Morgan fingerprint density at radius 3 is 2.70 bits per heavy atom. The van der Waals surface area contributed by atoms with E-state index in [4.69, 9.17) is 11.6 Å². The largest absolute Gasteiger partial charge is 0.350 e. The number of nitrogens with one attached hydrogen (secondary N) is 2. The van der Waals surface area contributed by atoms with E-state index in [2.05, 4.69) is 35.6 Å². The van der Waals surface area contributed by atoms with Crippen LogP contribution < -0.4 is 10.6 Å². The standard InChI is InChI=1S/C18H13ClFN7/c19-13-7-12(1-2-14(13)20)26-17-16-15(24-10-25-17)9-23-18(27-16)22-8-11-3-5-21-6-4-11/h1-7,9-10H,8H2,(H,22,23,27)(H,24,25,26). The maximum atomic E-state index is 13.4. The topological polar surface area (TPSA) is 88.5 Å². The van der Waals surface area contributed by atoms with Crippen molar-refractivity contribution in [2.24, 2.45) is 0 Å². The summed E-state index contributed by atoms with van der Waals surface area (Å²) in [6.45, 7) is 0.554. The smallest absolute Gasteiger partial charge is 0.223 e. The van der Waals surface area contributed by atoms with E-state index in [1.165, 1.54) is 18.5 Å². The number of hydrogen-bond acceptors (Lipinski definition) is 7. The van der Waals surface area contributed by atoms with Gasteiger partial charge < -0.3 is 10.6 Å². The van der Waals surface area contributed by atoms with Gasteiger partial charge in [0.1, 0.15) is 23.2 Å². The molecule has 0 aliphatic rings. The first kappa shape index (κ1) is 17.0. The van der Waals surface area contributed by atoms with Crippen molar-refractivity contribution < 1.29 is 4.39 Å². The summed E-state index contributed by atoms with van der Waals surface area (Å²) in [5.74, 6) is 0.422. The summed E-state index contributed by atoms with van der Waals surface area (Å²) in [6, 6.07) is 8.14. The minimum atomic E-state index is -0.486. The maximum Gasteiger partial charge on any atom is 0.223 e. The summed E-state index contributed by atoms with van der Waals surface area (Å²) >= 11 is 5.84. The lowest BCUT2D eigenvalue weighted by Crippen LogP contribution is -2.05. The number of aromatic nitrogens is 5. The molecule has 0 fully saturated rings. The highest BCUT2D eigenvalue weighted by atomic mass is 35.5. The second-order valence-electron chi connectivity index (χ2n) is 5.61. The molecule has 1 aromatic carbocycles. The number of rotatable bonds is 5. The number of fused-ring (bicyclic) bond motifs is 1. The van der Waals surface area contributed by atoms with Gasteiger partial charge in [0.15, 0.2) is 5.82 Å². The average Bonchev–Trinajstić information content (AvgIpc) is 2.70. The van der Waals surface area contributed by atoms with E-state index in [0.717, 1.165) is 5.56 Å². The number of hydrogen-bond donors (Lipinski definition) is 2. The van der Waals surface area contributed by atoms with Crippen LogP contribution in [0.5, 0.6) is 0 Å². The van der Waals surface area contributed by atoms with E-state index in [1.807, 2.05) is 12.1 Å². The van der Waals surface area contributed by atoms with Crippen LogP contribution in [-0.4, -0.2) is 24.9 Å². The van der Waals surface area contributed by atoms with Crippen molar-refractivity contribution in [2.45, 2.75) is 6.54 Å². The van der Waals surface area contributed by atoms with Crippen LogP contribution in [-0.2, 0) is 6.54 Å². The van der Waals surface area contributed by atoms with Crippen molar-refractivity contribution in [3.63, 3.8) is 0 Å². The van der Waals surface area contributed by atoms with E-state index in [-0.39, 0.29) is 5.02 Å². The van der Waals surface area contributed by atoms with Crippen LogP contribution >= 0.6 is 11.6 Å². The molecule has 0 saturated carbocycles. The third-order valence-electron chi connectivity index (χ3n) is 3.76. The minimum absolute atomic E-state index is 0.0210. The molecule has 0 saturated heterocycles. The molecule has 0 aliphatic carbocycles. The zero-order valence-corrected chi connectivity index (χ0v) is 14.7. The second-order valence-corrected chi connectivity index (χ2v) is 6.02. The molecular formula is C18H13ClFN7. The van der Waals surface area contributed by atoms with Gasteiger partial charge in [-0.3, -0.25) is 4.98 Å². The summed E-state index contributed by atoms with van der Waals surface area (Å²) in [5, 5.41) is 6.27. The third kappa shape index (κ3) is 3.90. The summed E-state index contributed by atoms with van der Waals surface area (Å²) < 4.78 is 13.4. The van der Waals surface area contributed by atoms with E-state index in [9.17, 15) is 4.39 Å². The van der Waals surface area contributed by atoms with Crippen molar-refractivity contribution in [1.82, 2.24) is 24.9 Å². The predicted octanol–water partition coefficient (Wildman–Crippen LogP) is 3.96. The van der Waals surface area contributed by atoms with Crippen molar-refractivity contribution in [3.8, 4) is 0 Å². The molecule has 0 aliphatic heterocycles. The van der Waals surface area contributed by atoms with Crippen molar-refractivity contribution >= 4 is 40.1 Å². The molecule has 9 heteroatoms. The predicted molar refractivity (Wildman–Crippen MR) is 101 cm³/mol. The summed E-state index contributed by atoms with van der Waals surface area (Å²) in [5.41, 5.74) is 2.75. The van der Waals surface area contributed by atoms with Crippen LogP contribution in [0.2, 0.25) is 5.02 Å². The Bertz CT molecular complexity index is 1090. The molecule has 2 N–H and O–H groups in total. The Balaban J connectivity index is 1.61. The second kappa shape index (κ2) is 7.46. The molecule has 4 aromatic rings. The first-order valence-electron chi connectivity index (χ1n) is 8.01. The molecule has 4 rings (SSSR count). The van der Waals surface area contributed by atoms with Crippen molar-refractivity contribution in [1.29, 1.82) is 0 Å². The Kier molecular flexibility index (Phi) is 4.71. The minimum Gasteiger partial charge on any atom is -0.350 e. The molecular weight excluding hydrogens is 369 g/mol. The Labute approximate surface area is 158 Å². The summed E-state index contributed by atoms with van der Waals surface area (Å²) in [7, 11) is 0. The van der Waals surface area contributed by atoms with Gasteiger partial charge in [-0.15, -0.1) is 0 Å². The number of benzene rings is 1. The molecule has 134 valence electrons. The monoisotopic (exact) mass is 381 g/mol. The van der Waals surface area contributed by atoms with Crippen molar-refractivity contribution in [3.05, 3.63) is 71.7 Å². The molecule has 0 atom stereocenters. The zero-order valence-electron chi connectivity index (χ0n) is 13.9. The van der Waals surface area contributed by atoms with Crippen LogP contribution in [0.1, 0.15) is 5.56 Å². The average molecular weight is 382 g/mol. The fourth-order valence-electron chi connectivity index (χ4n) is 2.42. The van der Waals surface area contributed by atoms with Gasteiger partial charge in [-0.1, -0.05) is 11.6 Å². The molecule has 0 spiro atoms. The number of pyridine rings is 1. The molecule has 0 radical (unpaired) electrons. The molecule has 0 amide bonds. The van der Waals surface area contributed by atoms with Gasteiger partial charge in [-0.05, 0) is 35.9 Å². The fraction of sp³-hybridized carbons (Fsp3) is 0.0556. The quantitative estimate of drug-likeness (QED) is 0.540. The molecule has 3 aromatic heterocycles. The first-order chi connectivity index (χ1) is 13.2. The lowest BCUT2D eigenvalue weighted by molar-refractivity contribution is 0.628. The van der Waals surface area contributed by atoms with Gasteiger partial charge in [0.2, 0.25) is 5.95 Å². The van der Waals surface area contributed by atoms with E-state index < -0.39 is 5.82 Å². The van der Waals surface area contributed by atoms with Gasteiger partial charge in [-0.2, -0.15) is 0 Å². The normalized spacial score (nSPS) is 10.7. The lowest BCUT2D eigenvalue weighted by Gasteiger charge is -2.10. The van der Waals surface area contributed by atoms with Crippen LogP contribution in [0.15, 0.2) is 55.2 Å². The molecule has 3 heterocycles. The van der Waals surface area contributed by atoms with Crippen LogP contribution in [0.3, 0.4) is 0 Å². The molecule has 0 bridgehead atoms. The SMILES string of the molecule is Fc1ccc(Nc2ncnc3cnc(NCc4ccncc4)nc23)cc1Cl. The Hall–Kier alpha value is -3.39. The lowest BCUT2D eigenvalue weighted by atomic mass is 10.3. The van der Waals surface area contributed by atoms with Crippen LogP contribution in [0.4, 0.5) is 21.8 Å². The van der Waals surface area contributed by atoms with Gasteiger partial charge in [-0.25, -0.2) is 24.3 Å². The maximum absolute atomic E-state index is 13.4. The van der Waals surface area contributed by atoms with Gasteiger partial charge in [0.25, 0.3) is 0 Å². The van der Waals surface area contributed by atoms with E-state index in [0.29, 0.717) is 35.0 Å². The highest BCUT2D eigenvalue weighted by Gasteiger charge is 2.09. The fourth-order valence-corrected chi connectivity index (χ4v) is 2.60. The van der Waals surface area contributed by atoms with Gasteiger partial charge in [0.05, 0.1) is 11.2 Å². The number of halogens is 2. The number of anilines is 3. The Morgan fingerprint density at radius 2 is 1.89 bits per heavy atom. The van der Waals surface area contributed by atoms with E-state index in [1.54, 1.807) is 24.7 Å². The van der Waals surface area contributed by atoms with Gasteiger partial charge in [0, 0.05) is 24.6 Å². The van der Waals surface area contributed by atoms with Crippen LogP contribution in [0, 0.1) is 5.82 Å². The molecule has 7 nitrogen and oxygen atoms in total.